The summed E-state index contributed by atoms with van der Waals surface area (Å²) in [5.74, 6) is 0.918. The standard InChI is InChI=1S/C15H23Cl2N3O.HI/c1-4-21-9-8-19-15(18-3)20-10-11(2)14-12(16)6-5-7-13(14)17;/h5-7,11H,4,8-10H2,1-3H3,(H2,18,19,20);1H. The van der Waals surface area contributed by atoms with Crippen molar-refractivity contribution in [1.29, 1.82) is 0 Å². The van der Waals surface area contributed by atoms with Gasteiger partial charge in [-0.15, -0.1) is 24.0 Å². The Kier molecular flexibility index (Phi) is 12.1. The lowest BCUT2D eigenvalue weighted by Crippen LogP contribution is -2.40. The number of benzene rings is 1. The first-order valence-electron chi connectivity index (χ1n) is 7.06. The van der Waals surface area contributed by atoms with Crippen LogP contribution in [0.5, 0.6) is 0 Å². The number of hydrogen-bond acceptors (Lipinski definition) is 2. The van der Waals surface area contributed by atoms with E-state index in [-0.39, 0.29) is 29.9 Å². The monoisotopic (exact) mass is 459 g/mol. The van der Waals surface area contributed by atoms with Gasteiger partial charge in [0.05, 0.1) is 6.61 Å². The van der Waals surface area contributed by atoms with Gasteiger partial charge in [0.25, 0.3) is 0 Å². The smallest absolute Gasteiger partial charge is 0.191 e. The van der Waals surface area contributed by atoms with E-state index in [0.717, 1.165) is 24.7 Å². The van der Waals surface area contributed by atoms with Crippen molar-refractivity contribution in [3.8, 4) is 0 Å². The first-order valence-corrected chi connectivity index (χ1v) is 7.81. The summed E-state index contributed by atoms with van der Waals surface area (Å²) in [4.78, 5) is 4.17. The summed E-state index contributed by atoms with van der Waals surface area (Å²) in [5, 5.41) is 7.83. The number of guanidine groups is 1. The molecule has 0 bridgehead atoms. The summed E-state index contributed by atoms with van der Waals surface area (Å²) in [6.07, 6.45) is 0. The molecule has 1 aromatic carbocycles. The van der Waals surface area contributed by atoms with Crippen molar-refractivity contribution in [2.24, 2.45) is 4.99 Å². The predicted molar refractivity (Wildman–Crippen MR) is 106 cm³/mol. The Morgan fingerprint density at radius 3 is 2.45 bits per heavy atom. The number of rotatable bonds is 7. The third-order valence-electron chi connectivity index (χ3n) is 3.03. The second-order valence-electron chi connectivity index (χ2n) is 4.61. The van der Waals surface area contributed by atoms with Crippen LogP contribution < -0.4 is 10.6 Å². The minimum absolute atomic E-state index is 0. The van der Waals surface area contributed by atoms with Crippen LogP contribution in [0.1, 0.15) is 25.3 Å². The van der Waals surface area contributed by atoms with E-state index in [0.29, 0.717) is 23.2 Å². The Morgan fingerprint density at radius 2 is 1.91 bits per heavy atom. The molecule has 0 amide bonds. The second-order valence-corrected chi connectivity index (χ2v) is 5.43. The molecule has 0 radical (unpaired) electrons. The van der Waals surface area contributed by atoms with Gasteiger partial charge in [-0.05, 0) is 24.6 Å². The van der Waals surface area contributed by atoms with Gasteiger partial charge in [0, 0.05) is 42.7 Å². The van der Waals surface area contributed by atoms with Crippen LogP contribution in [0.25, 0.3) is 0 Å². The van der Waals surface area contributed by atoms with Gasteiger partial charge in [-0.1, -0.05) is 36.2 Å². The molecule has 2 N–H and O–H groups in total. The summed E-state index contributed by atoms with van der Waals surface area (Å²) in [5.41, 5.74) is 0.957. The topological polar surface area (TPSA) is 45.6 Å². The molecule has 0 aliphatic heterocycles. The normalized spacial score (nSPS) is 12.5. The van der Waals surface area contributed by atoms with Crippen LogP contribution in [0.4, 0.5) is 0 Å². The molecule has 1 atom stereocenters. The highest BCUT2D eigenvalue weighted by Crippen LogP contribution is 2.30. The second kappa shape index (κ2) is 12.2. The predicted octanol–water partition coefficient (Wildman–Crippen LogP) is 3.92. The highest BCUT2D eigenvalue weighted by molar-refractivity contribution is 14.0. The molecule has 0 spiro atoms. The number of aliphatic imine (C=N–C) groups is 1. The van der Waals surface area contributed by atoms with Crippen LogP contribution in [-0.2, 0) is 4.74 Å². The highest BCUT2D eigenvalue weighted by atomic mass is 127. The maximum absolute atomic E-state index is 6.22. The summed E-state index contributed by atoms with van der Waals surface area (Å²) >= 11 is 12.4. The number of halogens is 3. The molecule has 0 fully saturated rings. The molecule has 1 rings (SSSR count). The van der Waals surface area contributed by atoms with E-state index in [1.165, 1.54) is 0 Å². The lowest BCUT2D eigenvalue weighted by atomic mass is 10.0. The molecule has 7 heteroatoms. The Bertz CT molecular complexity index is 452. The Labute approximate surface area is 160 Å². The van der Waals surface area contributed by atoms with Crippen LogP contribution in [-0.4, -0.2) is 39.3 Å². The molecule has 22 heavy (non-hydrogen) atoms. The average molecular weight is 460 g/mol. The molecule has 0 aliphatic rings. The van der Waals surface area contributed by atoms with Crippen molar-refractivity contribution < 1.29 is 4.74 Å². The first kappa shape index (κ1) is 21.8. The fourth-order valence-corrected chi connectivity index (χ4v) is 2.71. The van der Waals surface area contributed by atoms with E-state index >= 15 is 0 Å². The Hall–Kier alpha value is -0.240. The highest BCUT2D eigenvalue weighted by Gasteiger charge is 2.13. The SMILES string of the molecule is CCOCCNC(=NC)NCC(C)c1c(Cl)cccc1Cl.I. The average Bonchev–Trinajstić information content (AvgIpc) is 2.46. The zero-order chi connectivity index (χ0) is 15.7. The van der Waals surface area contributed by atoms with Crippen LogP contribution >= 0.6 is 47.2 Å². The molecule has 126 valence electrons. The lowest BCUT2D eigenvalue weighted by Gasteiger charge is -2.18. The van der Waals surface area contributed by atoms with E-state index in [4.69, 9.17) is 27.9 Å². The first-order chi connectivity index (χ1) is 10.1. The van der Waals surface area contributed by atoms with Gasteiger partial charge in [-0.3, -0.25) is 4.99 Å². The van der Waals surface area contributed by atoms with Crippen LogP contribution in [0.2, 0.25) is 10.0 Å². The molecular formula is C15H24Cl2IN3O. The molecule has 1 unspecified atom stereocenters. The van der Waals surface area contributed by atoms with E-state index in [1.807, 2.05) is 25.1 Å². The molecule has 0 aliphatic carbocycles. The van der Waals surface area contributed by atoms with Crippen molar-refractivity contribution >= 4 is 53.1 Å². The molecular weight excluding hydrogens is 436 g/mol. The van der Waals surface area contributed by atoms with Crippen molar-refractivity contribution in [1.82, 2.24) is 10.6 Å². The van der Waals surface area contributed by atoms with Gasteiger partial charge in [0.2, 0.25) is 0 Å². The van der Waals surface area contributed by atoms with E-state index in [9.17, 15) is 0 Å². The zero-order valence-electron chi connectivity index (χ0n) is 13.2. The molecule has 0 aromatic heterocycles. The van der Waals surface area contributed by atoms with E-state index < -0.39 is 0 Å². The van der Waals surface area contributed by atoms with Gasteiger partial charge in [-0.25, -0.2) is 0 Å². The molecule has 1 aromatic rings. The minimum Gasteiger partial charge on any atom is -0.380 e. The number of nitrogens with zero attached hydrogens (tertiary/aromatic N) is 1. The van der Waals surface area contributed by atoms with E-state index in [1.54, 1.807) is 7.05 Å². The van der Waals surface area contributed by atoms with Crippen molar-refractivity contribution in [2.45, 2.75) is 19.8 Å². The third-order valence-corrected chi connectivity index (χ3v) is 3.69. The Balaban J connectivity index is 0.00000441. The maximum atomic E-state index is 6.22. The molecule has 0 saturated carbocycles. The van der Waals surface area contributed by atoms with Crippen LogP contribution in [0, 0.1) is 0 Å². The molecule has 0 heterocycles. The van der Waals surface area contributed by atoms with Crippen LogP contribution in [0.3, 0.4) is 0 Å². The number of ether oxygens (including phenoxy) is 1. The van der Waals surface area contributed by atoms with Gasteiger partial charge >= 0.3 is 0 Å². The fraction of sp³-hybridized carbons (Fsp3) is 0.533. The van der Waals surface area contributed by atoms with Crippen molar-refractivity contribution in [3.05, 3.63) is 33.8 Å². The third kappa shape index (κ3) is 7.35. The lowest BCUT2D eigenvalue weighted by molar-refractivity contribution is 0.152. The summed E-state index contributed by atoms with van der Waals surface area (Å²) in [6, 6.07) is 5.56. The largest absolute Gasteiger partial charge is 0.380 e. The van der Waals surface area contributed by atoms with E-state index in [2.05, 4.69) is 22.5 Å². The zero-order valence-corrected chi connectivity index (χ0v) is 17.0. The van der Waals surface area contributed by atoms with Gasteiger partial charge in [0.1, 0.15) is 0 Å². The maximum Gasteiger partial charge on any atom is 0.191 e. The number of nitrogens with one attached hydrogen (secondary N) is 2. The molecule has 0 saturated heterocycles. The Morgan fingerprint density at radius 1 is 1.27 bits per heavy atom. The van der Waals surface area contributed by atoms with Crippen LogP contribution in [0.15, 0.2) is 23.2 Å². The fourth-order valence-electron chi connectivity index (χ4n) is 1.94. The summed E-state index contributed by atoms with van der Waals surface area (Å²) in [6.45, 7) is 6.83. The number of hydrogen-bond donors (Lipinski definition) is 2. The van der Waals surface area contributed by atoms with Crippen molar-refractivity contribution in [3.63, 3.8) is 0 Å². The summed E-state index contributed by atoms with van der Waals surface area (Å²) in [7, 11) is 1.74. The minimum atomic E-state index is 0. The van der Waals surface area contributed by atoms with Gasteiger partial charge < -0.3 is 15.4 Å². The quantitative estimate of drug-likeness (QED) is 0.281. The van der Waals surface area contributed by atoms with Gasteiger partial charge in [-0.2, -0.15) is 0 Å². The summed E-state index contributed by atoms with van der Waals surface area (Å²) < 4.78 is 5.27. The van der Waals surface area contributed by atoms with Gasteiger partial charge in [0.15, 0.2) is 5.96 Å². The molecule has 4 nitrogen and oxygen atoms in total. The van der Waals surface area contributed by atoms with Crippen molar-refractivity contribution in [2.75, 3.05) is 33.4 Å².